The fourth-order valence-electron chi connectivity index (χ4n) is 3.67. The van der Waals surface area contributed by atoms with Crippen molar-refractivity contribution in [2.75, 3.05) is 11.9 Å². The first kappa shape index (κ1) is 18.4. The highest BCUT2D eigenvalue weighted by Crippen LogP contribution is 2.26. The van der Waals surface area contributed by atoms with Crippen molar-refractivity contribution in [3.8, 4) is 11.4 Å². The molecule has 4 aromatic rings. The van der Waals surface area contributed by atoms with Crippen molar-refractivity contribution in [1.82, 2.24) is 24.9 Å². The number of benzene rings is 2. The fraction of sp³-hybridized carbons (Fsp3) is 0.238. The molecule has 30 heavy (non-hydrogen) atoms. The normalized spacial score (nSPS) is 17.1. The van der Waals surface area contributed by atoms with Crippen LogP contribution in [0.1, 0.15) is 19.3 Å². The molecule has 152 valence electrons. The molecule has 5 rings (SSSR count). The van der Waals surface area contributed by atoms with Gasteiger partial charge in [0.25, 0.3) is 0 Å². The molecule has 1 amide bonds. The SMILES string of the molecule is O=C1NCCCC[C@H]1Nc1nc2ccccc2c2nc(-c3ccc(F)cc3F)nn12. The summed E-state index contributed by atoms with van der Waals surface area (Å²) in [5, 5.41) is 11.2. The Kier molecular flexibility index (Phi) is 4.50. The van der Waals surface area contributed by atoms with Crippen LogP contribution in [0.4, 0.5) is 14.7 Å². The highest BCUT2D eigenvalue weighted by Gasteiger charge is 2.23. The number of hydrogen-bond acceptors (Lipinski definition) is 5. The number of carbonyl (C=O) groups is 1. The summed E-state index contributed by atoms with van der Waals surface area (Å²) >= 11 is 0. The van der Waals surface area contributed by atoms with Crippen LogP contribution in [-0.4, -0.2) is 38.1 Å². The van der Waals surface area contributed by atoms with E-state index in [0.29, 0.717) is 30.1 Å². The van der Waals surface area contributed by atoms with Gasteiger partial charge in [-0.25, -0.2) is 18.7 Å². The second kappa shape index (κ2) is 7.33. The maximum atomic E-state index is 14.3. The van der Waals surface area contributed by atoms with Crippen LogP contribution in [0.3, 0.4) is 0 Å². The van der Waals surface area contributed by atoms with Gasteiger partial charge in [-0.2, -0.15) is 4.52 Å². The quantitative estimate of drug-likeness (QED) is 0.543. The third kappa shape index (κ3) is 3.22. The topological polar surface area (TPSA) is 84.2 Å². The molecule has 0 unspecified atom stereocenters. The Labute approximate surface area is 170 Å². The predicted octanol–water partition coefficient (Wildman–Crippen LogP) is 3.30. The van der Waals surface area contributed by atoms with Gasteiger partial charge in [0, 0.05) is 18.0 Å². The summed E-state index contributed by atoms with van der Waals surface area (Å²) in [6.45, 7) is 0.648. The summed E-state index contributed by atoms with van der Waals surface area (Å²) in [6, 6.07) is 10.2. The standard InChI is InChI=1S/C21H18F2N6O/c22-12-8-9-13(15(23)11-12)18-27-19-14-5-1-2-6-16(14)25-21(29(19)28-18)26-17-7-3-4-10-24-20(17)30/h1-2,5-6,8-9,11,17H,3-4,7,10H2,(H,24,30)(H,25,26)/t17-/m1/s1. The molecule has 0 spiro atoms. The van der Waals surface area contributed by atoms with Crippen LogP contribution in [0.2, 0.25) is 0 Å². The van der Waals surface area contributed by atoms with E-state index in [1.54, 1.807) is 0 Å². The first-order valence-corrected chi connectivity index (χ1v) is 9.75. The number of nitrogens with zero attached hydrogens (tertiary/aromatic N) is 4. The molecule has 2 N–H and O–H groups in total. The lowest BCUT2D eigenvalue weighted by Gasteiger charge is -2.16. The summed E-state index contributed by atoms with van der Waals surface area (Å²) in [6.07, 6.45) is 2.48. The fourth-order valence-corrected chi connectivity index (χ4v) is 3.67. The number of nitrogens with one attached hydrogen (secondary N) is 2. The Morgan fingerprint density at radius 1 is 1.10 bits per heavy atom. The molecule has 1 atom stereocenters. The van der Waals surface area contributed by atoms with E-state index >= 15 is 0 Å². The summed E-state index contributed by atoms with van der Waals surface area (Å²) in [5.41, 5.74) is 1.22. The molecule has 2 aromatic heterocycles. The molecule has 1 aliphatic rings. The number of aromatic nitrogens is 4. The molecular weight excluding hydrogens is 390 g/mol. The van der Waals surface area contributed by atoms with Gasteiger partial charge in [0.05, 0.1) is 11.1 Å². The first-order chi connectivity index (χ1) is 14.6. The van der Waals surface area contributed by atoms with Crippen molar-refractivity contribution in [2.24, 2.45) is 0 Å². The van der Waals surface area contributed by atoms with Gasteiger partial charge in [-0.3, -0.25) is 4.79 Å². The highest BCUT2D eigenvalue weighted by molar-refractivity contribution is 5.93. The van der Waals surface area contributed by atoms with Crippen molar-refractivity contribution in [3.63, 3.8) is 0 Å². The molecule has 0 radical (unpaired) electrons. The Morgan fingerprint density at radius 3 is 2.83 bits per heavy atom. The van der Waals surface area contributed by atoms with Gasteiger partial charge >= 0.3 is 0 Å². The van der Waals surface area contributed by atoms with E-state index in [2.05, 4.69) is 25.7 Å². The van der Waals surface area contributed by atoms with Crippen molar-refractivity contribution in [2.45, 2.75) is 25.3 Å². The molecule has 1 aliphatic heterocycles. The molecule has 0 aliphatic carbocycles. The lowest BCUT2D eigenvalue weighted by Crippen LogP contribution is -2.38. The van der Waals surface area contributed by atoms with Crippen LogP contribution < -0.4 is 10.6 Å². The van der Waals surface area contributed by atoms with E-state index in [1.165, 1.54) is 10.6 Å². The minimum atomic E-state index is -0.749. The van der Waals surface area contributed by atoms with Crippen LogP contribution in [0.25, 0.3) is 27.9 Å². The van der Waals surface area contributed by atoms with Crippen molar-refractivity contribution in [3.05, 3.63) is 54.1 Å². The summed E-state index contributed by atoms with van der Waals surface area (Å²) in [4.78, 5) is 21.5. The van der Waals surface area contributed by atoms with Gasteiger partial charge in [-0.15, -0.1) is 5.10 Å². The Hall–Kier alpha value is -3.62. The first-order valence-electron chi connectivity index (χ1n) is 9.75. The number of anilines is 1. The molecule has 7 nitrogen and oxygen atoms in total. The smallest absolute Gasteiger partial charge is 0.242 e. The number of halogens is 2. The van der Waals surface area contributed by atoms with E-state index in [1.807, 2.05) is 24.3 Å². The highest BCUT2D eigenvalue weighted by atomic mass is 19.1. The molecule has 3 heterocycles. The molecule has 0 bridgehead atoms. The zero-order chi connectivity index (χ0) is 20.7. The minimum Gasteiger partial charge on any atom is -0.354 e. The van der Waals surface area contributed by atoms with Crippen LogP contribution in [0.15, 0.2) is 42.5 Å². The predicted molar refractivity (Wildman–Crippen MR) is 108 cm³/mol. The molecule has 2 aromatic carbocycles. The van der Waals surface area contributed by atoms with Gasteiger partial charge in [-0.1, -0.05) is 12.1 Å². The average Bonchev–Trinajstić information content (AvgIpc) is 3.08. The minimum absolute atomic E-state index is 0.0855. The molecule has 1 fully saturated rings. The number of hydrogen-bond donors (Lipinski definition) is 2. The van der Waals surface area contributed by atoms with Crippen LogP contribution in [-0.2, 0) is 4.79 Å². The number of para-hydroxylation sites is 1. The maximum absolute atomic E-state index is 14.3. The zero-order valence-electron chi connectivity index (χ0n) is 15.9. The van der Waals surface area contributed by atoms with Gasteiger partial charge in [0.15, 0.2) is 11.5 Å². The summed E-state index contributed by atoms with van der Waals surface area (Å²) in [7, 11) is 0. The van der Waals surface area contributed by atoms with Gasteiger partial charge in [0.1, 0.15) is 17.7 Å². The molecular formula is C21H18F2N6O. The third-order valence-corrected chi connectivity index (χ3v) is 5.19. The van der Waals surface area contributed by atoms with Crippen molar-refractivity contribution >= 4 is 28.4 Å². The summed E-state index contributed by atoms with van der Waals surface area (Å²) < 4.78 is 29.1. The maximum Gasteiger partial charge on any atom is 0.242 e. The number of fused-ring (bicyclic) bond motifs is 3. The lowest BCUT2D eigenvalue weighted by atomic mass is 10.1. The van der Waals surface area contributed by atoms with Gasteiger partial charge in [0.2, 0.25) is 11.9 Å². The Morgan fingerprint density at radius 2 is 1.97 bits per heavy atom. The second-order valence-corrected chi connectivity index (χ2v) is 7.23. The summed E-state index contributed by atoms with van der Waals surface area (Å²) in [5.74, 6) is -1.07. The number of carbonyl (C=O) groups excluding carboxylic acids is 1. The van der Waals surface area contributed by atoms with Gasteiger partial charge in [-0.05, 0) is 43.5 Å². The Bertz CT molecular complexity index is 1270. The van der Waals surface area contributed by atoms with E-state index in [4.69, 9.17) is 0 Å². The van der Waals surface area contributed by atoms with Crippen molar-refractivity contribution in [1.29, 1.82) is 0 Å². The molecule has 0 saturated carbocycles. The lowest BCUT2D eigenvalue weighted by molar-refractivity contribution is -0.121. The van der Waals surface area contributed by atoms with E-state index in [0.717, 1.165) is 30.4 Å². The zero-order valence-corrected chi connectivity index (χ0v) is 15.9. The number of amides is 1. The van der Waals surface area contributed by atoms with Crippen molar-refractivity contribution < 1.29 is 13.6 Å². The monoisotopic (exact) mass is 408 g/mol. The van der Waals surface area contributed by atoms with E-state index in [-0.39, 0.29) is 17.3 Å². The van der Waals surface area contributed by atoms with Gasteiger partial charge < -0.3 is 10.6 Å². The molecule has 9 heteroatoms. The van der Waals surface area contributed by atoms with E-state index in [9.17, 15) is 13.6 Å². The van der Waals surface area contributed by atoms with E-state index < -0.39 is 17.7 Å². The molecule has 1 saturated heterocycles. The second-order valence-electron chi connectivity index (χ2n) is 7.23. The average molecular weight is 408 g/mol. The largest absolute Gasteiger partial charge is 0.354 e. The van der Waals surface area contributed by atoms with Crippen LogP contribution in [0, 0.1) is 11.6 Å². The van der Waals surface area contributed by atoms with Crippen LogP contribution >= 0.6 is 0 Å². The Balaban J connectivity index is 1.67. The van der Waals surface area contributed by atoms with Crippen LogP contribution in [0.5, 0.6) is 0 Å². The third-order valence-electron chi connectivity index (χ3n) is 5.19. The number of rotatable bonds is 3.